The van der Waals surface area contributed by atoms with E-state index in [0.717, 1.165) is 6.42 Å². The second-order valence-electron chi connectivity index (χ2n) is 12.9. The molecule has 0 N–H and O–H groups in total. The Bertz CT molecular complexity index is 766. The van der Waals surface area contributed by atoms with E-state index in [4.69, 9.17) is 0 Å². The van der Waals surface area contributed by atoms with Gasteiger partial charge in [-0.25, -0.2) is 0 Å². The molecule has 2 heterocycles. The summed E-state index contributed by atoms with van der Waals surface area (Å²) >= 11 is 0. The topological polar surface area (TPSA) is 9.72 Å². The predicted octanol–water partition coefficient (Wildman–Crippen LogP) is 7.09. The Morgan fingerprint density at radius 1 is 0.758 bits per heavy atom. The van der Waals surface area contributed by atoms with Crippen molar-refractivity contribution in [2.45, 2.75) is 98.8 Å². The van der Waals surface area contributed by atoms with Gasteiger partial charge < -0.3 is 9.80 Å². The van der Waals surface area contributed by atoms with Gasteiger partial charge in [0.25, 0.3) is 0 Å². The summed E-state index contributed by atoms with van der Waals surface area (Å²) < 4.78 is 0. The second-order valence-corrected chi connectivity index (χ2v) is 12.9. The molecule has 1 saturated carbocycles. The number of piperazine rings is 1. The molecule has 4 rings (SSSR count). The Morgan fingerprint density at radius 2 is 1.36 bits per heavy atom. The van der Waals surface area contributed by atoms with Crippen molar-refractivity contribution >= 4 is 11.4 Å². The minimum atomic E-state index is 0.415. The molecule has 0 spiro atoms. The van der Waals surface area contributed by atoms with Crippen molar-refractivity contribution in [1.29, 1.82) is 0 Å². The number of hydrogen-bond acceptors (Lipinski definition) is 3. The van der Waals surface area contributed by atoms with Crippen LogP contribution in [0.5, 0.6) is 0 Å². The van der Waals surface area contributed by atoms with Gasteiger partial charge in [0, 0.05) is 50.6 Å². The van der Waals surface area contributed by atoms with Gasteiger partial charge in [0.05, 0.1) is 0 Å². The molecule has 0 aromatic heterocycles. The van der Waals surface area contributed by atoms with Crippen molar-refractivity contribution in [2.24, 2.45) is 10.8 Å². The highest BCUT2D eigenvalue weighted by Gasteiger charge is 2.40. The lowest BCUT2D eigenvalue weighted by atomic mass is 9.60. The summed E-state index contributed by atoms with van der Waals surface area (Å²) in [5.41, 5.74) is 7.19. The van der Waals surface area contributed by atoms with Crippen LogP contribution >= 0.6 is 0 Å². The van der Waals surface area contributed by atoms with Crippen LogP contribution in [0.2, 0.25) is 0 Å². The maximum absolute atomic E-state index is 2.75. The summed E-state index contributed by atoms with van der Waals surface area (Å²) in [7, 11) is 0. The van der Waals surface area contributed by atoms with E-state index in [1.165, 1.54) is 90.8 Å². The van der Waals surface area contributed by atoms with Crippen LogP contribution in [0.3, 0.4) is 0 Å². The molecule has 33 heavy (non-hydrogen) atoms. The Labute approximate surface area is 204 Å². The Balaban J connectivity index is 1.72. The van der Waals surface area contributed by atoms with E-state index >= 15 is 0 Å². The SMILES string of the molecule is CCCN1CCN(c2cc(CC)c(N3CCCCC3)cc2C2CC(C)(C)CC(C)(C)C2)CC1. The summed E-state index contributed by atoms with van der Waals surface area (Å²) in [6.07, 6.45) is 10.5. The zero-order valence-corrected chi connectivity index (χ0v) is 22.7. The average Bonchev–Trinajstić information content (AvgIpc) is 2.77. The van der Waals surface area contributed by atoms with Gasteiger partial charge in [-0.2, -0.15) is 0 Å². The van der Waals surface area contributed by atoms with Gasteiger partial charge in [-0.3, -0.25) is 4.90 Å². The van der Waals surface area contributed by atoms with Crippen LogP contribution < -0.4 is 9.80 Å². The van der Waals surface area contributed by atoms with Gasteiger partial charge in [0.2, 0.25) is 0 Å². The largest absolute Gasteiger partial charge is 0.371 e. The number of hydrogen-bond donors (Lipinski definition) is 0. The number of benzene rings is 1. The van der Waals surface area contributed by atoms with E-state index in [0.29, 0.717) is 16.7 Å². The molecule has 0 bridgehead atoms. The molecule has 1 aromatic carbocycles. The van der Waals surface area contributed by atoms with Gasteiger partial charge in [0.15, 0.2) is 0 Å². The van der Waals surface area contributed by atoms with Crippen LogP contribution in [-0.4, -0.2) is 50.7 Å². The molecular formula is C30H51N3. The van der Waals surface area contributed by atoms with Crippen LogP contribution in [0.1, 0.15) is 104 Å². The molecule has 1 aliphatic carbocycles. The first kappa shape index (κ1) is 24.9. The first-order valence-electron chi connectivity index (χ1n) is 14.1. The normalized spacial score (nSPS) is 24.3. The molecule has 186 valence electrons. The molecule has 3 aliphatic rings. The van der Waals surface area contributed by atoms with E-state index < -0.39 is 0 Å². The Hall–Kier alpha value is -1.22. The monoisotopic (exact) mass is 453 g/mol. The molecule has 1 aromatic rings. The van der Waals surface area contributed by atoms with E-state index in [1.54, 1.807) is 22.5 Å². The van der Waals surface area contributed by atoms with Crippen LogP contribution in [0.25, 0.3) is 0 Å². The summed E-state index contributed by atoms with van der Waals surface area (Å²) in [5, 5.41) is 0. The third kappa shape index (κ3) is 5.89. The highest BCUT2D eigenvalue weighted by molar-refractivity contribution is 5.68. The molecular weight excluding hydrogens is 402 g/mol. The number of anilines is 2. The van der Waals surface area contributed by atoms with E-state index in [1.807, 2.05) is 0 Å². The van der Waals surface area contributed by atoms with Crippen molar-refractivity contribution in [3.8, 4) is 0 Å². The van der Waals surface area contributed by atoms with Crippen LogP contribution in [0.15, 0.2) is 12.1 Å². The van der Waals surface area contributed by atoms with Crippen LogP contribution in [0, 0.1) is 10.8 Å². The minimum absolute atomic E-state index is 0.415. The Morgan fingerprint density at radius 3 is 1.94 bits per heavy atom. The highest BCUT2D eigenvalue weighted by atomic mass is 15.3. The minimum Gasteiger partial charge on any atom is -0.371 e. The standard InChI is InChI=1S/C30H51N3/c1-7-12-31-15-17-33(18-16-31)28-19-24(8-2)27(32-13-10-9-11-14-32)20-26(28)25-21-29(3,4)23-30(5,6)22-25/h19-20,25H,7-18,21-23H2,1-6H3. The average molecular weight is 454 g/mol. The summed E-state index contributed by atoms with van der Waals surface area (Å²) in [5.74, 6) is 0.668. The number of nitrogens with zero attached hydrogens (tertiary/aromatic N) is 3. The lowest BCUT2D eigenvalue weighted by Crippen LogP contribution is -2.47. The number of rotatable bonds is 6. The van der Waals surface area contributed by atoms with Crippen LogP contribution in [0.4, 0.5) is 11.4 Å². The predicted molar refractivity (Wildman–Crippen MR) is 145 cm³/mol. The van der Waals surface area contributed by atoms with Gasteiger partial charge in [-0.15, -0.1) is 0 Å². The van der Waals surface area contributed by atoms with E-state index in [9.17, 15) is 0 Å². The maximum atomic E-state index is 2.75. The molecule has 2 aliphatic heterocycles. The number of aryl methyl sites for hydroxylation is 1. The van der Waals surface area contributed by atoms with Gasteiger partial charge in [-0.1, -0.05) is 41.5 Å². The second kappa shape index (κ2) is 10.2. The fraction of sp³-hybridized carbons (Fsp3) is 0.800. The smallest absolute Gasteiger partial charge is 0.0406 e. The quantitative estimate of drug-likeness (QED) is 0.455. The molecule has 0 radical (unpaired) electrons. The van der Waals surface area contributed by atoms with Crippen molar-refractivity contribution in [3.63, 3.8) is 0 Å². The summed E-state index contributed by atoms with van der Waals surface area (Å²) in [4.78, 5) is 8.12. The Kier molecular flexibility index (Phi) is 7.68. The molecule has 3 heteroatoms. The highest BCUT2D eigenvalue weighted by Crippen LogP contribution is 2.53. The van der Waals surface area contributed by atoms with Crippen molar-refractivity contribution in [1.82, 2.24) is 4.90 Å². The third-order valence-corrected chi connectivity index (χ3v) is 8.55. The third-order valence-electron chi connectivity index (χ3n) is 8.55. The van der Waals surface area contributed by atoms with Gasteiger partial charge >= 0.3 is 0 Å². The molecule has 2 saturated heterocycles. The molecule has 3 fully saturated rings. The van der Waals surface area contributed by atoms with Gasteiger partial charge in [0.1, 0.15) is 0 Å². The molecule has 3 nitrogen and oxygen atoms in total. The number of piperidine rings is 1. The zero-order chi connectivity index (χ0) is 23.6. The lowest BCUT2D eigenvalue weighted by molar-refractivity contribution is 0.0970. The first-order valence-corrected chi connectivity index (χ1v) is 14.1. The molecule has 0 amide bonds. The van der Waals surface area contributed by atoms with Crippen molar-refractivity contribution in [3.05, 3.63) is 23.3 Å². The van der Waals surface area contributed by atoms with E-state index in [2.05, 4.69) is 68.4 Å². The summed E-state index contributed by atoms with van der Waals surface area (Å²) in [6, 6.07) is 5.31. The van der Waals surface area contributed by atoms with Crippen molar-refractivity contribution in [2.75, 3.05) is 55.6 Å². The van der Waals surface area contributed by atoms with Crippen LogP contribution in [-0.2, 0) is 6.42 Å². The zero-order valence-electron chi connectivity index (χ0n) is 22.7. The molecule has 0 unspecified atom stereocenters. The fourth-order valence-corrected chi connectivity index (χ4v) is 7.54. The van der Waals surface area contributed by atoms with Gasteiger partial charge in [-0.05, 0) is 97.9 Å². The van der Waals surface area contributed by atoms with E-state index in [-0.39, 0.29) is 0 Å². The molecule has 0 atom stereocenters. The van der Waals surface area contributed by atoms with Crippen molar-refractivity contribution < 1.29 is 0 Å². The lowest BCUT2D eigenvalue weighted by Gasteiger charge is -2.47. The maximum Gasteiger partial charge on any atom is 0.0406 e. The summed E-state index contributed by atoms with van der Waals surface area (Å²) in [6.45, 7) is 23.2. The first-order chi connectivity index (χ1) is 15.7. The fourth-order valence-electron chi connectivity index (χ4n) is 7.54.